The molecule has 0 saturated heterocycles. The highest BCUT2D eigenvalue weighted by Gasteiger charge is 2.11. The van der Waals surface area contributed by atoms with E-state index in [1.807, 2.05) is 26.0 Å². The van der Waals surface area contributed by atoms with E-state index in [9.17, 15) is 4.79 Å². The zero-order valence-corrected chi connectivity index (χ0v) is 10.2. The summed E-state index contributed by atoms with van der Waals surface area (Å²) < 4.78 is 5.49. The van der Waals surface area contributed by atoms with Crippen LogP contribution in [-0.4, -0.2) is 16.1 Å². The highest BCUT2D eigenvalue weighted by atomic mass is 16.4. The Morgan fingerprint density at radius 1 is 1.39 bits per heavy atom. The van der Waals surface area contributed by atoms with Crippen molar-refractivity contribution < 1.29 is 14.3 Å². The molecule has 0 bridgehead atoms. The van der Waals surface area contributed by atoms with Crippen LogP contribution in [0.5, 0.6) is 0 Å². The SMILES string of the molecule is Cc1ccc(C(C)Nc2cccc(C(=O)O)n2)o1. The molecular weight excluding hydrogens is 232 g/mol. The number of hydrogen-bond donors (Lipinski definition) is 2. The first-order valence-electron chi connectivity index (χ1n) is 5.59. The summed E-state index contributed by atoms with van der Waals surface area (Å²) in [6.45, 7) is 3.80. The molecule has 2 rings (SSSR count). The van der Waals surface area contributed by atoms with Gasteiger partial charge in [0.25, 0.3) is 0 Å². The second kappa shape index (κ2) is 4.91. The first-order valence-corrected chi connectivity index (χ1v) is 5.59. The standard InChI is InChI=1S/C13H14N2O3/c1-8-6-7-11(18-8)9(2)14-12-5-3-4-10(15-12)13(16)17/h3-7,9H,1-2H3,(H,14,15)(H,16,17). The van der Waals surface area contributed by atoms with Crippen LogP contribution in [0, 0.1) is 6.92 Å². The van der Waals surface area contributed by atoms with Gasteiger partial charge in [-0.2, -0.15) is 0 Å². The molecule has 94 valence electrons. The smallest absolute Gasteiger partial charge is 0.354 e. The number of carboxylic acid groups (broad SMARTS) is 1. The maximum Gasteiger partial charge on any atom is 0.354 e. The third-order valence-corrected chi connectivity index (χ3v) is 2.52. The maximum atomic E-state index is 10.8. The average Bonchev–Trinajstić information content (AvgIpc) is 2.76. The number of nitrogens with zero attached hydrogens (tertiary/aromatic N) is 1. The minimum absolute atomic E-state index is 0.0165. The first kappa shape index (κ1) is 12.2. The molecule has 0 saturated carbocycles. The number of hydrogen-bond acceptors (Lipinski definition) is 4. The Kier molecular flexibility index (Phi) is 3.32. The molecule has 5 nitrogen and oxygen atoms in total. The van der Waals surface area contributed by atoms with E-state index >= 15 is 0 Å². The molecule has 0 aliphatic rings. The number of aryl methyl sites for hydroxylation is 1. The lowest BCUT2D eigenvalue weighted by Crippen LogP contribution is -2.09. The van der Waals surface area contributed by atoms with Crippen molar-refractivity contribution in [3.63, 3.8) is 0 Å². The van der Waals surface area contributed by atoms with Crippen LogP contribution in [0.1, 0.15) is 35.0 Å². The molecule has 0 amide bonds. The molecule has 2 aromatic heterocycles. The van der Waals surface area contributed by atoms with E-state index in [0.717, 1.165) is 11.5 Å². The van der Waals surface area contributed by atoms with Gasteiger partial charge >= 0.3 is 5.97 Å². The van der Waals surface area contributed by atoms with Crippen molar-refractivity contribution in [1.29, 1.82) is 0 Å². The van der Waals surface area contributed by atoms with Crippen molar-refractivity contribution in [2.24, 2.45) is 0 Å². The molecule has 1 unspecified atom stereocenters. The van der Waals surface area contributed by atoms with Crippen LogP contribution in [0.25, 0.3) is 0 Å². The number of carboxylic acids is 1. The van der Waals surface area contributed by atoms with Crippen LogP contribution in [-0.2, 0) is 0 Å². The molecular formula is C13H14N2O3. The molecule has 0 fully saturated rings. The Bertz CT molecular complexity index is 563. The third-order valence-electron chi connectivity index (χ3n) is 2.52. The monoisotopic (exact) mass is 246 g/mol. The summed E-state index contributed by atoms with van der Waals surface area (Å²) in [5, 5.41) is 12.0. The van der Waals surface area contributed by atoms with Crippen LogP contribution in [0.3, 0.4) is 0 Å². The van der Waals surface area contributed by atoms with Crippen LogP contribution in [0.2, 0.25) is 0 Å². The lowest BCUT2D eigenvalue weighted by molar-refractivity contribution is 0.0690. The van der Waals surface area contributed by atoms with Gasteiger partial charge in [0.1, 0.15) is 17.3 Å². The zero-order chi connectivity index (χ0) is 13.1. The number of aromatic carboxylic acids is 1. The number of anilines is 1. The minimum Gasteiger partial charge on any atom is -0.477 e. The van der Waals surface area contributed by atoms with Gasteiger partial charge in [0, 0.05) is 0 Å². The number of carbonyl (C=O) groups is 1. The number of rotatable bonds is 4. The fourth-order valence-corrected chi connectivity index (χ4v) is 1.61. The van der Waals surface area contributed by atoms with Gasteiger partial charge in [0.05, 0.1) is 6.04 Å². The van der Waals surface area contributed by atoms with Gasteiger partial charge in [-0.05, 0) is 38.1 Å². The highest BCUT2D eigenvalue weighted by Crippen LogP contribution is 2.20. The first-order chi connectivity index (χ1) is 8.56. The second-order valence-electron chi connectivity index (χ2n) is 4.03. The molecule has 1 atom stereocenters. The topological polar surface area (TPSA) is 75.4 Å². The largest absolute Gasteiger partial charge is 0.477 e. The van der Waals surface area contributed by atoms with E-state index in [4.69, 9.17) is 9.52 Å². The Labute approximate surface area is 104 Å². The van der Waals surface area contributed by atoms with Crippen molar-refractivity contribution in [1.82, 2.24) is 4.98 Å². The van der Waals surface area contributed by atoms with Gasteiger partial charge in [0.15, 0.2) is 5.69 Å². The molecule has 0 spiro atoms. The predicted octanol–water partition coefficient (Wildman–Crippen LogP) is 2.85. The normalized spacial score (nSPS) is 12.1. The lowest BCUT2D eigenvalue weighted by Gasteiger charge is -2.12. The number of nitrogens with one attached hydrogen (secondary N) is 1. The lowest BCUT2D eigenvalue weighted by atomic mass is 10.2. The third kappa shape index (κ3) is 2.68. The molecule has 5 heteroatoms. The van der Waals surface area contributed by atoms with E-state index in [1.165, 1.54) is 6.07 Å². The Balaban J connectivity index is 2.14. The minimum atomic E-state index is -1.04. The van der Waals surface area contributed by atoms with E-state index < -0.39 is 5.97 Å². The molecule has 0 aliphatic heterocycles. The van der Waals surface area contributed by atoms with Crippen LogP contribution in [0.15, 0.2) is 34.7 Å². The van der Waals surface area contributed by atoms with E-state index in [1.54, 1.807) is 12.1 Å². The summed E-state index contributed by atoms with van der Waals surface area (Å²) >= 11 is 0. The summed E-state index contributed by atoms with van der Waals surface area (Å²) in [4.78, 5) is 14.8. The van der Waals surface area contributed by atoms with Crippen molar-refractivity contribution >= 4 is 11.8 Å². The molecule has 0 aromatic carbocycles. The van der Waals surface area contributed by atoms with Gasteiger partial charge in [-0.25, -0.2) is 9.78 Å². The van der Waals surface area contributed by atoms with Crippen LogP contribution >= 0.6 is 0 Å². The molecule has 2 N–H and O–H groups in total. The summed E-state index contributed by atoms with van der Waals surface area (Å²) in [6, 6.07) is 8.52. The second-order valence-corrected chi connectivity index (χ2v) is 4.03. The van der Waals surface area contributed by atoms with Gasteiger partial charge in [-0.1, -0.05) is 6.07 Å². The summed E-state index contributed by atoms with van der Waals surface area (Å²) in [5.41, 5.74) is 0.0165. The van der Waals surface area contributed by atoms with Gasteiger partial charge in [-0.3, -0.25) is 0 Å². The molecule has 0 radical (unpaired) electrons. The van der Waals surface area contributed by atoms with Crippen molar-refractivity contribution in [2.75, 3.05) is 5.32 Å². The predicted molar refractivity (Wildman–Crippen MR) is 66.7 cm³/mol. The fourth-order valence-electron chi connectivity index (χ4n) is 1.61. The van der Waals surface area contributed by atoms with Crippen molar-refractivity contribution in [3.8, 4) is 0 Å². The highest BCUT2D eigenvalue weighted by molar-refractivity contribution is 5.85. The van der Waals surface area contributed by atoms with E-state index in [-0.39, 0.29) is 11.7 Å². The van der Waals surface area contributed by atoms with Crippen molar-refractivity contribution in [3.05, 3.63) is 47.5 Å². The Morgan fingerprint density at radius 2 is 2.17 bits per heavy atom. The number of pyridine rings is 1. The molecule has 2 heterocycles. The van der Waals surface area contributed by atoms with Gasteiger partial charge in [-0.15, -0.1) is 0 Å². The summed E-state index contributed by atoms with van der Waals surface area (Å²) in [7, 11) is 0. The van der Waals surface area contributed by atoms with Gasteiger partial charge in [0.2, 0.25) is 0 Å². The number of furan rings is 1. The van der Waals surface area contributed by atoms with E-state index in [0.29, 0.717) is 5.82 Å². The average molecular weight is 246 g/mol. The quantitative estimate of drug-likeness (QED) is 0.867. The summed E-state index contributed by atoms with van der Waals surface area (Å²) in [6.07, 6.45) is 0. The molecule has 0 aliphatic carbocycles. The van der Waals surface area contributed by atoms with E-state index in [2.05, 4.69) is 10.3 Å². The molecule has 2 aromatic rings. The Hall–Kier alpha value is -2.30. The Morgan fingerprint density at radius 3 is 2.78 bits per heavy atom. The zero-order valence-electron chi connectivity index (χ0n) is 10.2. The summed E-state index contributed by atoms with van der Waals surface area (Å²) in [5.74, 6) is 1.09. The van der Waals surface area contributed by atoms with Gasteiger partial charge < -0.3 is 14.8 Å². The van der Waals surface area contributed by atoms with Crippen LogP contribution < -0.4 is 5.32 Å². The van der Waals surface area contributed by atoms with Crippen molar-refractivity contribution in [2.45, 2.75) is 19.9 Å². The fraction of sp³-hybridized carbons (Fsp3) is 0.231. The number of aromatic nitrogens is 1. The molecule has 18 heavy (non-hydrogen) atoms. The van der Waals surface area contributed by atoms with Crippen LogP contribution in [0.4, 0.5) is 5.82 Å². The maximum absolute atomic E-state index is 10.8.